The van der Waals surface area contributed by atoms with Gasteiger partial charge < -0.3 is 20.3 Å². The molecule has 1 fully saturated rings. The molecule has 0 aliphatic carbocycles. The number of unbranched alkanes of at least 4 members (excludes halogenated alkanes) is 2. The highest BCUT2D eigenvalue weighted by molar-refractivity contribution is 7.99. The molecule has 0 aromatic heterocycles. The second-order valence-corrected chi connectivity index (χ2v) is 14.4. The number of rotatable bonds is 16. The fourth-order valence-corrected chi connectivity index (χ4v) is 7.93. The highest BCUT2D eigenvalue weighted by atomic mass is 32.2. The van der Waals surface area contributed by atoms with Crippen LogP contribution in [-0.2, 0) is 14.4 Å². The number of nitrogens with zero attached hydrogens (tertiary/aromatic N) is 1. The average molecular weight is 762 g/mol. The molecule has 4 aromatic carbocycles. The minimum absolute atomic E-state index is 0.0601. The van der Waals surface area contributed by atoms with Crippen molar-refractivity contribution in [2.45, 2.75) is 62.8 Å². The molecule has 1 atom stereocenters. The van der Waals surface area contributed by atoms with Crippen molar-refractivity contribution in [1.29, 1.82) is 0 Å². The zero-order valence-corrected chi connectivity index (χ0v) is 31.3. The summed E-state index contributed by atoms with van der Waals surface area (Å²) in [5.41, 5.74) is 5.59. The summed E-state index contributed by atoms with van der Waals surface area (Å²) >= 11 is 1.47. The molecule has 2 aliphatic heterocycles. The summed E-state index contributed by atoms with van der Waals surface area (Å²) in [6.45, 7) is 2.75. The SMILES string of the molecule is CC/C(=C(\c1ccc(O)cc1)c1ccc(OCCNC(=O)CCCCCSc2cccc3c2C(=O)N(C2CCC(=O)NC2=O)C3=O)cc1)c1ccc(O)cc1. The van der Waals surface area contributed by atoms with Gasteiger partial charge in [0.05, 0.1) is 17.7 Å². The quantitative estimate of drug-likeness (QED) is 0.0421. The third-order valence-electron chi connectivity index (χ3n) is 9.60. The smallest absolute Gasteiger partial charge is 0.263 e. The summed E-state index contributed by atoms with van der Waals surface area (Å²) < 4.78 is 5.92. The van der Waals surface area contributed by atoms with Crippen molar-refractivity contribution in [3.8, 4) is 17.2 Å². The number of hydrogen-bond acceptors (Lipinski definition) is 9. The van der Waals surface area contributed by atoms with Crippen LogP contribution in [0.25, 0.3) is 11.1 Å². The van der Waals surface area contributed by atoms with E-state index in [2.05, 4.69) is 17.6 Å². The number of nitrogens with one attached hydrogen (secondary N) is 2. The first-order valence-corrected chi connectivity index (χ1v) is 19.4. The van der Waals surface area contributed by atoms with Gasteiger partial charge in [-0.15, -0.1) is 11.8 Å². The lowest BCUT2D eigenvalue weighted by atomic mass is 9.88. The van der Waals surface area contributed by atoms with E-state index in [1.807, 2.05) is 48.5 Å². The number of carbonyl (C=O) groups is 5. The number of allylic oxidation sites excluding steroid dienone is 1. The molecule has 4 N–H and O–H groups in total. The van der Waals surface area contributed by atoms with Crippen molar-refractivity contribution in [2.24, 2.45) is 0 Å². The molecular weight excluding hydrogens is 719 g/mol. The van der Waals surface area contributed by atoms with Crippen molar-refractivity contribution in [3.05, 3.63) is 119 Å². The third kappa shape index (κ3) is 9.26. The first kappa shape index (κ1) is 38.8. The predicted molar refractivity (Wildman–Crippen MR) is 210 cm³/mol. The molecule has 2 aliphatic rings. The number of piperidine rings is 1. The molecule has 2 heterocycles. The maximum absolute atomic E-state index is 13.3. The Labute approximate surface area is 323 Å². The van der Waals surface area contributed by atoms with Crippen LogP contribution in [0.5, 0.6) is 17.2 Å². The van der Waals surface area contributed by atoms with Gasteiger partial charge in [-0.1, -0.05) is 55.8 Å². The van der Waals surface area contributed by atoms with E-state index < -0.39 is 29.7 Å². The van der Waals surface area contributed by atoms with Gasteiger partial charge in [-0.3, -0.25) is 34.2 Å². The number of carbonyl (C=O) groups excluding carboxylic acids is 5. The van der Waals surface area contributed by atoms with Crippen LogP contribution in [0.1, 0.15) is 89.3 Å². The van der Waals surface area contributed by atoms with Crippen molar-refractivity contribution < 1.29 is 38.9 Å². The van der Waals surface area contributed by atoms with Gasteiger partial charge in [0.15, 0.2) is 0 Å². The number of benzene rings is 4. The van der Waals surface area contributed by atoms with Gasteiger partial charge in [-0.25, -0.2) is 0 Å². The number of phenols is 2. The van der Waals surface area contributed by atoms with Gasteiger partial charge in [0, 0.05) is 17.7 Å². The summed E-state index contributed by atoms with van der Waals surface area (Å²) in [6.07, 6.45) is 3.61. The van der Waals surface area contributed by atoms with Gasteiger partial charge in [0.25, 0.3) is 11.8 Å². The zero-order valence-electron chi connectivity index (χ0n) is 30.5. The second kappa shape index (κ2) is 18.0. The minimum Gasteiger partial charge on any atom is -0.508 e. The third-order valence-corrected chi connectivity index (χ3v) is 10.7. The average Bonchev–Trinajstić information content (AvgIpc) is 3.44. The number of thioether (sulfide) groups is 1. The van der Waals surface area contributed by atoms with E-state index in [0.29, 0.717) is 48.0 Å². The number of imide groups is 2. The van der Waals surface area contributed by atoms with Crippen LogP contribution in [0.3, 0.4) is 0 Å². The van der Waals surface area contributed by atoms with Crippen LogP contribution in [0, 0.1) is 0 Å². The van der Waals surface area contributed by atoms with E-state index in [0.717, 1.165) is 52.0 Å². The lowest BCUT2D eigenvalue weighted by molar-refractivity contribution is -0.136. The summed E-state index contributed by atoms with van der Waals surface area (Å²) in [6, 6.07) is 26.1. The van der Waals surface area contributed by atoms with E-state index in [4.69, 9.17) is 4.74 Å². The number of aromatic hydroxyl groups is 2. The van der Waals surface area contributed by atoms with Crippen LogP contribution in [0.2, 0.25) is 0 Å². The first-order valence-electron chi connectivity index (χ1n) is 18.4. The number of phenolic OH excluding ortho intramolecular Hbond substituents is 2. The molecule has 1 unspecified atom stereocenters. The van der Waals surface area contributed by atoms with Crippen molar-refractivity contribution in [1.82, 2.24) is 15.5 Å². The van der Waals surface area contributed by atoms with Crippen molar-refractivity contribution >= 4 is 52.4 Å². The monoisotopic (exact) mass is 761 g/mol. The van der Waals surface area contributed by atoms with E-state index >= 15 is 0 Å². The van der Waals surface area contributed by atoms with Crippen molar-refractivity contribution in [2.75, 3.05) is 18.9 Å². The van der Waals surface area contributed by atoms with Crippen LogP contribution in [0.4, 0.5) is 0 Å². The molecule has 1 saturated heterocycles. The Morgan fingerprint density at radius 1 is 0.836 bits per heavy atom. The van der Waals surface area contributed by atoms with E-state index in [-0.39, 0.29) is 35.8 Å². The summed E-state index contributed by atoms with van der Waals surface area (Å²) in [5.74, 6) is -0.398. The Balaban J connectivity index is 0.932. The van der Waals surface area contributed by atoms with Crippen LogP contribution < -0.4 is 15.4 Å². The van der Waals surface area contributed by atoms with Crippen molar-refractivity contribution in [3.63, 3.8) is 0 Å². The summed E-state index contributed by atoms with van der Waals surface area (Å²) in [7, 11) is 0. The Kier molecular flexibility index (Phi) is 12.7. The Hall–Kier alpha value is -5.88. The van der Waals surface area contributed by atoms with Gasteiger partial charge >= 0.3 is 0 Å². The van der Waals surface area contributed by atoms with Crippen LogP contribution in [-0.4, -0.2) is 69.6 Å². The lowest BCUT2D eigenvalue weighted by Gasteiger charge is -2.27. The topological polar surface area (TPSA) is 162 Å². The molecular formula is C43H43N3O8S. The minimum atomic E-state index is -1.00. The van der Waals surface area contributed by atoms with Gasteiger partial charge in [-0.2, -0.15) is 0 Å². The van der Waals surface area contributed by atoms with Gasteiger partial charge in [0.1, 0.15) is 29.9 Å². The molecule has 0 spiro atoms. The molecule has 6 rings (SSSR count). The Bertz CT molecular complexity index is 2100. The second-order valence-electron chi connectivity index (χ2n) is 13.3. The standard InChI is InChI=1S/C43H43N3O8S/c1-2-33(27-10-16-30(47)17-11-27)39(28-12-18-31(48)19-13-28)29-14-20-32(21-15-29)54-25-24-44-37(49)9-4-3-5-26-55-36-8-6-7-34-40(36)43(53)46(42(34)52)35-22-23-38(50)45-41(35)51/h6-8,10-21,35,47-48H,2-5,9,22-26H2,1H3,(H,44,49)(H,45,50,51)/b39-33-. The highest BCUT2D eigenvalue weighted by Gasteiger charge is 2.45. The molecule has 284 valence electrons. The van der Waals surface area contributed by atoms with E-state index in [1.165, 1.54) is 11.8 Å². The number of amides is 5. The number of hydrogen-bond donors (Lipinski definition) is 4. The molecule has 4 aromatic rings. The molecule has 0 bridgehead atoms. The summed E-state index contributed by atoms with van der Waals surface area (Å²) in [5, 5.41) is 24.9. The fraction of sp³-hybridized carbons (Fsp3) is 0.279. The van der Waals surface area contributed by atoms with Gasteiger partial charge in [0.2, 0.25) is 17.7 Å². The Morgan fingerprint density at radius 2 is 1.49 bits per heavy atom. The maximum Gasteiger partial charge on any atom is 0.263 e. The van der Waals surface area contributed by atoms with Gasteiger partial charge in [-0.05, 0) is 108 Å². The van der Waals surface area contributed by atoms with E-state index in [1.54, 1.807) is 42.5 Å². The number of fused-ring (bicyclic) bond motifs is 1. The lowest BCUT2D eigenvalue weighted by Crippen LogP contribution is -2.54. The highest BCUT2D eigenvalue weighted by Crippen LogP contribution is 2.37. The normalized spacial score (nSPS) is 15.7. The van der Waals surface area contributed by atoms with Crippen LogP contribution in [0.15, 0.2) is 95.9 Å². The molecule has 11 nitrogen and oxygen atoms in total. The van der Waals surface area contributed by atoms with Crippen LogP contribution >= 0.6 is 11.8 Å². The molecule has 12 heteroatoms. The maximum atomic E-state index is 13.3. The predicted octanol–water partition coefficient (Wildman–Crippen LogP) is 6.72. The molecule has 0 radical (unpaired) electrons. The molecule has 0 saturated carbocycles. The largest absolute Gasteiger partial charge is 0.508 e. The number of ether oxygens (including phenoxy) is 1. The first-order chi connectivity index (χ1) is 26.6. The fourth-order valence-electron chi connectivity index (χ4n) is 6.85. The molecule has 5 amide bonds. The van der Waals surface area contributed by atoms with E-state index in [9.17, 15) is 34.2 Å². The molecule has 55 heavy (non-hydrogen) atoms. The zero-order chi connectivity index (χ0) is 38.9. The summed E-state index contributed by atoms with van der Waals surface area (Å²) in [4.78, 5) is 64.4. The Morgan fingerprint density at radius 3 is 2.15 bits per heavy atom.